The summed E-state index contributed by atoms with van der Waals surface area (Å²) in [5, 5.41) is 1.72. The number of rotatable bonds is 1. The van der Waals surface area contributed by atoms with Crippen molar-refractivity contribution in [1.29, 1.82) is 0 Å². The summed E-state index contributed by atoms with van der Waals surface area (Å²) < 4.78 is 10.7. The first-order chi connectivity index (χ1) is 10.2. The van der Waals surface area contributed by atoms with Crippen molar-refractivity contribution in [3.05, 3.63) is 46.6 Å². The Morgan fingerprint density at radius 1 is 0.952 bits per heavy atom. The quantitative estimate of drug-likeness (QED) is 0.626. The van der Waals surface area contributed by atoms with Gasteiger partial charge in [0.2, 0.25) is 6.79 Å². The minimum absolute atomic E-state index is 0.206. The maximum atomic E-state index is 6.27. The lowest BCUT2D eigenvalue weighted by Crippen LogP contribution is -1.92. The molecule has 0 atom stereocenters. The first-order valence-corrected chi connectivity index (χ1v) is 6.99. The second-order valence-electron chi connectivity index (χ2n) is 4.57. The summed E-state index contributed by atoms with van der Waals surface area (Å²) in [5.74, 6) is 1.84. The summed E-state index contributed by atoms with van der Waals surface area (Å²) in [4.78, 5) is 8.87. The van der Waals surface area contributed by atoms with Gasteiger partial charge in [-0.3, -0.25) is 0 Å². The summed E-state index contributed by atoms with van der Waals surface area (Å²) >= 11 is 12.3. The predicted octanol–water partition coefficient (Wildman–Crippen LogP) is 4.33. The Bertz CT molecular complexity index is 868. The molecule has 0 aliphatic carbocycles. The Morgan fingerprint density at radius 2 is 1.76 bits per heavy atom. The molecule has 2 heterocycles. The van der Waals surface area contributed by atoms with Crippen LogP contribution in [0, 0.1) is 0 Å². The summed E-state index contributed by atoms with van der Waals surface area (Å²) in [6, 6.07) is 10.9. The van der Waals surface area contributed by atoms with Crippen LogP contribution in [0.5, 0.6) is 11.5 Å². The van der Waals surface area contributed by atoms with Gasteiger partial charge >= 0.3 is 0 Å². The zero-order chi connectivity index (χ0) is 14.4. The van der Waals surface area contributed by atoms with Gasteiger partial charge < -0.3 is 9.47 Å². The fourth-order valence-corrected chi connectivity index (χ4v) is 2.66. The van der Waals surface area contributed by atoms with Gasteiger partial charge in [0, 0.05) is 22.0 Å². The second kappa shape index (κ2) is 4.76. The van der Waals surface area contributed by atoms with Crippen LogP contribution in [-0.2, 0) is 0 Å². The van der Waals surface area contributed by atoms with Crippen molar-refractivity contribution >= 4 is 34.1 Å². The van der Waals surface area contributed by atoms with E-state index in [-0.39, 0.29) is 6.79 Å². The van der Waals surface area contributed by atoms with E-state index in [2.05, 4.69) is 9.97 Å². The van der Waals surface area contributed by atoms with Gasteiger partial charge in [-0.15, -0.1) is 0 Å². The normalized spacial score (nSPS) is 12.9. The average molecular weight is 319 g/mol. The van der Waals surface area contributed by atoms with Crippen LogP contribution in [-0.4, -0.2) is 16.8 Å². The Morgan fingerprint density at radius 3 is 2.57 bits per heavy atom. The number of hydrogen-bond donors (Lipinski definition) is 0. The minimum Gasteiger partial charge on any atom is -0.454 e. The van der Waals surface area contributed by atoms with Crippen LogP contribution in [0.2, 0.25) is 10.2 Å². The lowest BCUT2D eigenvalue weighted by atomic mass is 10.2. The summed E-state index contributed by atoms with van der Waals surface area (Å²) in [6.45, 7) is 0.206. The van der Waals surface area contributed by atoms with Gasteiger partial charge in [0.05, 0.1) is 5.52 Å². The fourth-order valence-electron chi connectivity index (χ4n) is 2.24. The van der Waals surface area contributed by atoms with Crippen LogP contribution in [0.15, 0.2) is 36.4 Å². The molecule has 6 heteroatoms. The van der Waals surface area contributed by atoms with Gasteiger partial charge in [-0.05, 0) is 18.2 Å². The van der Waals surface area contributed by atoms with Crippen molar-refractivity contribution in [1.82, 2.24) is 9.97 Å². The van der Waals surface area contributed by atoms with Crippen LogP contribution >= 0.6 is 23.2 Å². The SMILES string of the molecule is Clc1cccc(-c2nc(Cl)c3cc4c(cc3n2)OCO4)c1. The van der Waals surface area contributed by atoms with E-state index in [1.54, 1.807) is 24.3 Å². The molecule has 0 saturated heterocycles. The third-order valence-corrected chi connectivity index (χ3v) is 3.75. The smallest absolute Gasteiger partial charge is 0.231 e. The predicted molar refractivity (Wildman–Crippen MR) is 81.1 cm³/mol. The Kier molecular flexibility index (Phi) is 2.87. The van der Waals surface area contributed by atoms with Crippen molar-refractivity contribution in [3.63, 3.8) is 0 Å². The third kappa shape index (κ3) is 2.17. The van der Waals surface area contributed by atoms with E-state index in [1.165, 1.54) is 0 Å². The molecule has 0 spiro atoms. The van der Waals surface area contributed by atoms with E-state index in [1.807, 2.05) is 12.1 Å². The number of hydrogen-bond acceptors (Lipinski definition) is 4. The number of ether oxygens (including phenoxy) is 2. The van der Waals surface area contributed by atoms with Crippen LogP contribution < -0.4 is 9.47 Å². The summed E-state index contributed by atoms with van der Waals surface area (Å²) in [5.41, 5.74) is 1.51. The molecule has 1 aliphatic rings. The lowest BCUT2D eigenvalue weighted by Gasteiger charge is -2.06. The van der Waals surface area contributed by atoms with Crippen LogP contribution in [0.1, 0.15) is 0 Å². The van der Waals surface area contributed by atoms with Gasteiger partial charge in [0.1, 0.15) is 5.15 Å². The summed E-state index contributed by atoms with van der Waals surface area (Å²) in [6.07, 6.45) is 0. The van der Waals surface area contributed by atoms with Crippen molar-refractivity contribution in [3.8, 4) is 22.9 Å². The van der Waals surface area contributed by atoms with E-state index in [0.29, 0.717) is 33.0 Å². The largest absolute Gasteiger partial charge is 0.454 e. The van der Waals surface area contributed by atoms with Crippen LogP contribution in [0.3, 0.4) is 0 Å². The molecule has 1 aromatic heterocycles. The zero-order valence-corrected chi connectivity index (χ0v) is 12.1. The first kappa shape index (κ1) is 12.7. The molecule has 3 aromatic rings. The monoisotopic (exact) mass is 318 g/mol. The molecule has 4 rings (SSSR count). The average Bonchev–Trinajstić information content (AvgIpc) is 2.92. The van der Waals surface area contributed by atoms with Crippen LogP contribution in [0.4, 0.5) is 0 Å². The van der Waals surface area contributed by atoms with Crippen molar-refractivity contribution in [2.75, 3.05) is 6.79 Å². The molecule has 0 radical (unpaired) electrons. The zero-order valence-electron chi connectivity index (χ0n) is 10.6. The molecule has 0 N–H and O–H groups in total. The molecule has 4 nitrogen and oxygen atoms in total. The molecule has 1 aliphatic heterocycles. The fraction of sp³-hybridized carbons (Fsp3) is 0.0667. The third-order valence-electron chi connectivity index (χ3n) is 3.23. The molecule has 2 aromatic carbocycles. The molecule has 0 unspecified atom stereocenters. The molecular formula is C15H8Cl2N2O2. The van der Waals surface area contributed by atoms with E-state index >= 15 is 0 Å². The standard InChI is InChI=1S/C15H8Cl2N2O2/c16-9-3-1-2-8(4-9)15-18-11-6-13-12(20-7-21-13)5-10(11)14(17)19-15/h1-6H,7H2. The Hall–Kier alpha value is -2.04. The second-order valence-corrected chi connectivity index (χ2v) is 5.37. The summed E-state index contributed by atoms with van der Waals surface area (Å²) in [7, 11) is 0. The van der Waals surface area contributed by atoms with Gasteiger partial charge in [-0.25, -0.2) is 9.97 Å². The molecular weight excluding hydrogens is 311 g/mol. The highest BCUT2D eigenvalue weighted by Gasteiger charge is 2.17. The Labute approximate surface area is 130 Å². The number of benzene rings is 2. The molecule has 0 bridgehead atoms. The van der Waals surface area contributed by atoms with E-state index < -0.39 is 0 Å². The maximum absolute atomic E-state index is 6.27. The maximum Gasteiger partial charge on any atom is 0.231 e. The van der Waals surface area contributed by atoms with Crippen molar-refractivity contribution < 1.29 is 9.47 Å². The minimum atomic E-state index is 0.206. The van der Waals surface area contributed by atoms with Crippen molar-refractivity contribution in [2.45, 2.75) is 0 Å². The highest BCUT2D eigenvalue weighted by atomic mass is 35.5. The number of fused-ring (bicyclic) bond motifs is 2. The number of nitrogens with zero attached hydrogens (tertiary/aromatic N) is 2. The van der Waals surface area contributed by atoms with Crippen LogP contribution in [0.25, 0.3) is 22.3 Å². The van der Waals surface area contributed by atoms with Gasteiger partial charge in [-0.2, -0.15) is 0 Å². The molecule has 0 fully saturated rings. The van der Waals surface area contributed by atoms with E-state index in [9.17, 15) is 0 Å². The Balaban J connectivity index is 1.94. The number of aromatic nitrogens is 2. The molecule has 0 saturated carbocycles. The first-order valence-electron chi connectivity index (χ1n) is 6.23. The molecule has 0 amide bonds. The molecule has 104 valence electrons. The number of halogens is 2. The highest BCUT2D eigenvalue weighted by molar-refractivity contribution is 6.34. The van der Waals surface area contributed by atoms with E-state index in [0.717, 1.165) is 10.9 Å². The topological polar surface area (TPSA) is 44.2 Å². The van der Waals surface area contributed by atoms with Gasteiger partial charge in [0.15, 0.2) is 17.3 Å². The van der Waals surface area contributed by atoms with Gasteiger partial charge in [-0.1, -0.05) is 35.3 Å². The lowest BCUT2D eigenvalue weighted by molar-refractivity contribution is 0.174. The van der Waals surface area contributed by atoms with Crippen molar-refractivity contribution in [2.24, 2.45) is 0 Å². The van der Waals surface area contributed by atoms with E-state index in [4.69, 9.17) is 32.7 Å². The molecule has 21 heavy (non-hydrogen) atoms. The highest BCUT2D eigenvalue weighted by Crippen LogP contribution is 2.38. The van der Waals surface area contributed by atoms with Gasteiger partial charge in [0.25, 0.3) is 0 Å².